The fourth-order valence-corrected chi connectivity index (χ4v) is 2.32. The van der Waals surface area contributed by atoms with Gasteiger partial charge in [-0.25, -0.2) is 4.79 Å². The van der Waals surface area contributed by atoms with E-state index in [4.69, 9.17) is 0 Å². The van der Waals surface area contributed by atoms with Gasteiger partial charge < -0.3 is 10.2 Å². The Morgan fingerprint density at radius 2 is 1.88 bits per heavy atom. The van der Waals surface area contributed by atoms with E-state index < -0.39 is 0 Å². The lowest BCUT2D eigenvalue weighted by atomic mass is 10.1. The van der Waals surface area contributed by atoms with Gasteiger partial charge in [-0.15, -0.1) is 0 Å². The topological polar surface area (TPSA) is 35.6 Å². The summed E-state index contributed by atoms with van der Waals surface area (Å²) >= 11 is 0. The second kappa shape index (κ2) is 3.62. The van der Waals surface area contributed by atoms with Gasteiger partial charge in [-0.05, 0) is 40.7 Å². The minimum Gasteiger partial charge on any atom is -0.333 e. The van der Waals surface area contributed by atoms with Crippen LogP contribution in [0.15, 0.2) is 0 Å². The molecule has 0 aromatic rings. The highest BCUT2D eigenvalue weighted by Gasteiger charge is 2.50. The van der Waals surface area contributed by atoms with Gasteiger partial charge in [-0.1, -0.05) is 0 Å². The van der Waals surface area contributed by atoms with Gasteiger partial charge in [0.1, 0.15) is 0 Å². The Morgan fingerprint density at radius 3 is 2.38 bits per heavy atom. The first-order chi connectivity index (χ1) is 7.32. The lowest BCUT2D eigenvalue weighted by Crippen LogP contribution is -2.59. The van der Waals surface area contributed by atoms with Gasteiger partial charge in [-0.3, -0.25) is 4.90 Å². The SMILES string of the molecule is CN1CCN(C(=O)NC(C)(C)C)CC12CC2. The Hall–Kier alpha value is -0.770. The fraction of sp³-hybridized carbons (Fsp3) is 0.917. The second-order valence-corrected chi connectivity index (χ2v) is 6.25. The molecule has 4 heteroatoms. The predicted octanol–water partition coefficient (Wildman–Crippen LogP) is 1.27. The van der Waals surface area contributed by atoms with Crippen LogP contribution in [0.4, 0.5) is 4.79 Å². The van der Waals surface area contributed by atoms with Crippen molar-refractivity contribution in [3.05, 3.63) is 0 Å². The standard InChI is InChI=1S/C12H23N3O/c1-11(2,3)13-10(16)15-8-7-14(4)12(9-15)5-6-12/h5-9H2,1-4H3,(H,13,16). The number of hydrogen-bond donors (Lipinski definition) is 1. The van der Waals surface area contributed by atoms with Crippen molar-refractivity contribution in [3.63, 3.8) is 0 Å². The molecule has 2 amide bonds. The molecule has 0 atom stereocenters. The lowest BCUT2D eigenvalue weighted by Gasteiger charge is -2.41. The first kappa shape index (κ1) is 11.7. The highest BCUT2D eigenvalue weighted by atomic mass is 16.2. The molecule has 0 bridgehead atoms. The smallest absolute Gasteiger partial charge is 0.317 e. The van der Waals surface area contributed by atoms with Gasteiger partial charge >= 0.3 is 6.03 Å². The number of hydrogen-bond acceptors (Lipinski definition) is 2. The summed E-state index contributed by atoms with van der Waals surface area (Å²) in [5, 5.41) is 3.04. The van der Waals surface area contributed by atoms with Gasteiger partial charge in [-0.2, -0.15) is 0 Å². The molecule has 1 N–H and O–H groups in total. The molecule has 1 heterocycles. The number of likely N-dealkylation sites (N-methyl/N-ethyl adjacent to an activating group) is 1. The summed E-state index contributed by atoms with van der Waals surface area (Å²) in [6.07, 6.45) is 2.48. The normalized spacial score (nSPS) is 24.6. The van der Waals surface area contributed by atoms with E-state index in [2.05, 4.69) is 17.3 Å². The van der Waals surface area contributed by atoms with Crippen LogP contribution in [0.5, 0.6) is 0 Å². The Balaban J connectivity index is 1.94. The molecular formula is C12H23N3O. The molecule has 1 aliphatic heterocycles. The highest BCUT2D eigenvalue weighted by Crippen LogP contribution is 2.43. The first-order valence-electron chi connectivity index (χ1n) is 6.11. The molecule has 0 unspecified atom stereocenters. The van der Waals surface area contributed by atoms with Crippen molar-refractivity contribution in [1.82, 2.24) is 15.1 Å². The third-order valence-corrected chi connectivity index (χ3v) is 3.60. The maximum atomic E-state index is 12.0. The van der Waals surface area contributed by atoms with Gasteiger partial charge in [0.15, 0.2) is 0 Å². The van der Waals surface area contributed by atoms with Crippen LogP contribution in [0.25, 0.3) is 0 Å². The summed E-state index contributed by atoms with van der Waals surface area (Å²) in [6.45, 7) is 8.80. The number of urea groups is 1. The van der Waals surface area contributed by atoms with Crippen LogP contribution >= 0.6 is 0 Å². The molecular weight excluding hydrogens is 202 g/mol. The number of nitrogens with one attached hydrogen (secondary N) is 1. The zero-order chi connectivity index (χ0) is 12.0. The molecule has 2 aliphatic rings. The second-order valence-electron chi connectivity index (χ2n) is 6.25. The number of amides is 2. The molecule has 2 fully saturated rings. The molecule has 0 aromatic heterocycles. The summed E-state index contributed by atoms with van der Waals surface area (Å²) in [7, 11) is 2.17. The van der Waals surface area contributed by atoms with Crippen LogP contribution < -0.4 is 5.32 Å². The van der Waals surface area contributed by atoms with E-state index >= 15 is 0 Å². The number of nitrogens with zero attached hydrogens (tertiary/aromatic N) is 2. The van der Waals surface area contributed by atoms with Crippen LogP contribution in [-0.4, -0.2) is 53.6 Å². The summed E-state index contributed by atoms with van der Waals surface area (Å²) in [6, 6.07) is 0.0897. The van der Waals surface area contributed by atoms with Crippen LogP contribution in [-0.2, 0) is 0 Å². The van der Waals surface area contributed by atoms with Crippen molar-refractivity contribution in [1.29, 1.82) is 0 Å². The Morgan fingerprint density at radius 1 is 1.25 bits per heavy atom. The van der Waals surface area contributed by atoms with E-state index in [0.717, 1.165) is 19.6 Å². The fourth-order valence-electron chi connectivity index (χ4n) is 2.32. The molecule has 1 spiro atoms. The van der Waals surface area contributed by atoms with E-state index in [-0.39, 0.29) is 11.6 Å². The summed E-state index contributed by atoms with van der Waals surface area (Å²) in [5.41, 5.74) is 0.171. The van der Waals surface area contributed by atoms with E-state index in [0.29, 0.717) is 5.54 Å². The quantitative estimate of drug-likeness (QED) is 0.674. The predicted molar refractivity (Wildman–Crippen MR) is 64.5 cm³/mol. The van der Waals surface area contributed by atoms with Crippen LogP contribution in [0, 0.1) is 0 Å². The van der Waals surface area contributed by atoms with Crippen molar-refractivity contribution in [2.75, 3.05) is 26.7 Å². The highest BCUT2D eigenvalue weighted by molar-refractivity contribution is 5.75. The Kier molecular flexibility index (Phi) is 2.65. The molecule has 92 valence electrons. The van der Waals surface area contributed by atoms with Crippen molar-refractivity contribution >= 4 is 6.03 Å². The van der Waals surface area contributed by atoms with E-state index in [1.54, 1.807) is 0 Å². The zero-order valence-electron chi connectivity index (χ0n) is 10.8. The van der Waals surface area contributed by atoms with Crippen molar-refractivity contribution in [2.45, 2.75) is 44.7 Å². The average Bonchev–Trinajstić information content (AvgIpc) is 2.88. The van der Waals surface area contributed by atoms with Crippen molar-refractivity contribution in [3.8, 4) is 0 Å². The molecule has 0 radical (unpaired) electrons. The largest absolute Gasteiger partial charge is 0.333 e. The van der Waals surface area contributed by atoms with Crippen LogP contribution in [0.1, 0.15) is 33.6 Å². The van der Waals surface area contributed by atoms with Gasteiger partial charge in [0.25, 0.3) is 0 Å². The van der Waals surface area contributed by atoms with Crippen LogP contribution in [0.2, 0.25) is 0 Å². The third-order valence-electron chi connectivity index (χ3n) is 3.60. The van der Waals surface area contributed by atoms with Crippen molar-refractivity contribution in [2.24, 2.45) is 0 Å². The Bertz CT molecular complexity index is 291. The van der Waals surface area contributed by atoms with E-state index in [1.807, 2.05) is 25.7 Å². The molecule has 1 saturated heterocycles. The number of carbonyl (C=O) groups is 1. The minimum absolute atomic E-state index is 0.0897. The van der Waals surface area contributed by atoms with Gasteiger partial charge in [0.05, 0.1) is 0 Å². The molecule has 1 saturated carbocycles. The number of carbonyl (C=O) groups excluding carboxylic acids is 1. The van der Waals surface area contributed by atoms with E-state index in [1.165, 1.54) is 12.8 Å². The first-order valence-corrected chi connectivity index (χ1v) is 6.11. The minimum atomic E-state index is -0.142. The third kappa shape index (κ3) is 2.32. The molecule has 0 aromatic carbocycles. The Labute approximate surface area is 98.0 Å². The van der Waals surface area contributed by atoms with Crippen molar-refractivity contribution < 1.29 is 4.79 Å². The monoisotopic (exact) mass is 225 g/mol. The number of rotatable bonds is 0. The molecule has 1 aliphatic carbocycles. The maximum absolute atomic E-state index is 12.0. The molecule has 4 nitrogen and oxygen atoms in total. The molecule has 16 heavy (non-hydrogen) atoms. The van der Waals surface area contributed by atoms with Gasteiger partial charge in [0, 0.05) is 30.7 Å². The van der Waals surface area contributed by atoms with Crippen LogP contribution in [0.3, 0.4) is 0 Å². The lowest BCUT2D eigenvalue weighted by molar-refractivity contribution is 0.0934. The number of piperazine rings is 1. The maximum Gasteiger partial charge on any atom is 0.317 e. The molecule has 2 rings (SSSR count). The average molecular weight is 225 g/mol. The van der Waals surface area contributed by atoms with E-state index in [9.17, 15) is 4.79 Å². The summed E-state index contributed by atoms with van der Waals surface area (Å²) in [5.74, 6) is 0. The van der Waals surface area contributed by atoms with Gasteiger partial charge in [0.2, 0.25) is 0 Å². The zero-order valence-corrected chi connectivity index (χ0v) is 10.8. The summed E-state index contributed by atoms with van der Waals surface area (Å²) < 4.78 is 0. The summed E-state index contributed by atoms with van der Waals surface area (Å²) in [4.78, 5) is 16.4.